The molecular weight excluding hydrogens is 190 g/mol. The number of nitrogens with two attached hydrogens (primary N) is 1. The summed E-state index contributed by atoms with van der Waals surface area (Å²) in [5.41, 5.74) is 6.83. The van der Waals surface area contributed by atoms with Crippen molar-refractivity contribution in [3.05, 3.63) is 35.9 Å². The smallest absolute Gasteiger partial charge is 0.308 e. The van der Waals surface area contributed by atoms with Crippen LogP contribution in [-0.2, 0) is 4.79 Å². The number of carboxylic acids is 1. The van der Waals surface area contributed by atoms with E-state index in [4.69, 9.17) is 10.8 Å². The fourth-order valence-electron chi connectivity index (χ4n) is 1.74. The first kappa shape index (κ1) is 11.7. The number of hydrogen-bond donors (Lipinski definition) is 2. The average Bonchev–Trinajstić information content (AvgIpc) is 2.18. The van der Waals surface area contributed by atoms with Crippen molar-refractivity contribution in [3.63, 3.8) is 0 Å². The van der Waals surface area contributed by atoms with Gasteiger partial charge in [-0.05, 0) is 11.5 Å². The Bertz CT molecular complexity index is 322. The molecule has 0 aliphatic carbocycles. The molecule has 82 valence electrons. The lowest BCUT2D eigenvalue weighted by Crippen LogP contribution is -2.32. The van der Waals surface area contributed by atoms with Crippen LogP contribution in [0.2, 0.25) is 0 Å². The highest BCUT2D eigenvalue weighted by molar-refractivity contribution is 5.71. The molecule has 2 unspecified atom stereocenters. The van der Waals surface area contributed by atoms with Crippen LogP contribution in [0.15, 0.2) is 30.3 Å². The molecule has 3 N–H and O–H groups in total. The first-order chi connectivity index (χ1) is 7.04. The van der Waals surface area contributed by atoms with Crippen molar-refractivity contribution in [2.45, 2.75) is 19.9 Å². The summed E-state index contributed by atoms with van der Waals surface area (Å²) in [5.74, 6) is -1.34. The highest BCUT2D eigenvalue weighted by atomic mass is 16.4. The second kappa shape index (κ2) is 4.94. The van der Waals surface area contributed by atoms with Crippen LogP contribution in [-0.4, -0.2) is 11.1 Å². The first-order valence-corrected chi connectivity index (χ1v) is 5.07. The molecule has 0 aliphatic heterocycles. The van der Waals surface area contributed by atoms with Crippen molar-refractivity contribution in [1.82, 2.24) is 0 Å². The van der Waals surface area contributed by atoms with Gasteiger partial charge in [-0.15, -0.1) is 0 Å². The molecular formula is C12H17NO2. The van der Waals surface area contributed by atoms with E-state index in [-0.39, 0.29) is 5.92 Å². The topological polar surface area (TPSA) is 63.3 Å². The van der Waals surface area contributed by atoms with Gasteiger partial charge in [-0.1, -0.05) is 44.2 Å². The van der Waals surface area contributed by atoms with Gasteiger partial charge in [-0.3, -0.25) is 4.79 Å². The fourth-order valence-corrected chi connectivity index (χ4v) is 1.74. The zero-order chi connectivity index (χ0) is 11.4. The standard InChI is InChI=1S/C12H17NO2/c1-8(2)10(12(14)15)11(13)9-6-4-3-5-7-9/h3-8,10-11H,13H2,1-2H3,(H,14,15). The Labute approximate surface area is 89.9 Å². The van der Waals surface area contributed by atoms with E-state index >= 15 is 0 Å². The van der Waals surface area contributed by atoms with Gasteiger partial charge in [0.1, 0.15) is 0 Å². The molecule has 0 saturated carbocycles. The summed E-state index contributed by atoms with van der Waals surface area (Å²) in [7, 11) is 0. The largest absolute Gasteiger partial charge is 0.481 e. The zero-order valence-corrected chi connectivity index (χ0v) is 9.05. The van der Waals surface area contributed by atoms with Crippen LogP contribution < -0.4 is 5.73 Å². The second-order valence-electron chi connectivity index (χ2n) is 4.04. The van der Waals surface area contributed by atoms with Crippen molar-refractivity contribution in [3.8, 4) is 0 Å². The molecule has 1 aromatic rings. The SMILES string of the molecule is CC(C)C(C(=O)O)C(N)c1ccccc1. The number of aliphatic carboxylic acids is 1. The van der Waals surface area contributed by atoms with E-state index in [1.165, 1.54) is 0 Å². The minimum absolute atomic E-state index is 0.0257. The highest BCUT2D eigenvalue weighted by Crippen LogP contribution is 2.25. The third kappa shape index (κ3) is 2.80. The van der Waals surface area contributed by atoms with Crippen LogP contribution in [0.4, 0.5) is 0 Å². The monoisotopic (exact) mass is 207 g/mol. The van der Waals surface area contributed by atoms with Crippen molar-refractivity contribution in [2.75, 3.05) is 0 Å². The summed E-state index contributed by atoms with van der Waals surface area (Å²) in [4.78, 5) is 11.1. The zero-order valence-electron chi connectivity index (χ0n) is 9.05. The summed E-state index contributed by atoms with van der Waals surface area (Å²) in [5, 5.41) is 9.10. The summed E-state index contributed by atoms with van der Waals surface area (Å²) < 4.78 is 0. The summed E-state index contributed by atoms with van der Waals surface area (Å²) >= 11 is 0. The lowest BCUT2D eigenvalue weighted by molar-refractivity contribution is -0.144. The maximum atomic E-state index is 11.1. The average molecular weight is 207 g/mol. The van der Waals surface area contributed by atoms with E-state index in [1.54, 1.807) is 0 Å². The van der Waals surface area contributed by atoms with Crippen LogP contribution >= 0.6 is 0 Å². The lowest BCUT2D eigenvalue weighted by atomic mass is 9.85. The van der Waals surface area contributed by atoms with Gasteiger partial charge in [0.15, 0.2) is 0 Å². The summed E-state index contributed by atoms with van der Waals surface area (Å²) in [6.45, 7) is 3.75. The molecule has 3 nitrogen and oxygen atoms in total. The van der Waals surface area contributed by atoms with Crippen molar-refractivity contribution in [1.29, 1.82) is 0 Å². The van der Waals surface area contributed by atoms with Crippen LogP contribution in [0.1, 0.15) is 25.5 Å². The van der Waals surface area contributed by atoms with Gasteiger partial charge in [-0.25, -0.2) is 0 Å². The Kier molecular flexibility index (Phi) is 3.86. The molecule has 0 saturated heterocycles. The summed E-state index contributed by atoms with van der Waals surface area (Å²) in [6, 6.07) is 8.92. The van der Waals surface area contributed by atoms with Gasteiger partial charge < -0.3 is 10.8 Å². The Morgan fingerprint density at radius 3 is 2.20 bits per heavy atom. The molecule has 0 spiro atoms. The quantitative estimate of drug-likeness (QED) is 0.794. The third-order valence-corrected chi connectivity index (χ3v) is 2.57. The van der Waals surface area contributed by atoms with Gasteiger partial charge in [0.25, 0.3) is 0 Å². The van der Waals surface area contributed by atoms with E-state index in [2.05, 4.69) is 0 Å². The van der Waals surface area contributed by atoms with Crippen LogP contribution in [0.5, 0.6) is 0 Å². The van der Waals surface area contributed by atoms with Crippen molar-refractivity contribution in [2.24, 2.45) is 17.6 Å². The first-order valence-electron chi connectivity index (χ1n) is 5.07. The predicted octanol–water partition coefficient (Wildman–Crippen LogP) is 2.04. The molecule has 1 rings (SSSR count). The normalized spacial score (nSPS) is 14.9. The van der Waals surface area contributed by atoms with Crippen LogP contribution in [0, 0.1) is 11.8 Å². The van der Waals surface area contributed by atoms with Crippen molar-refractivity contribution < 1.29 is 9.90 Å². The molecule has 0 fully saturated rings. The Balaban J connectivity index is 2.91. The molecule has 3 heteroatoms. The van der Waals surface area contributed by atoms with Gasteiger partial charge >= 0.3 is 5.97 Å². The molecule has 1 aromatic carbocycles. The summed E-state index contributed by atoms with van der Waals surface area (Å²) in [6.07, 6.45) is 0. The van der Waals surface area contributed by atoms with Gasteiger partial charge in [0.2, 0.25) is 0 Å². The van der Waals surface area contributed by atoms with E-state index in [1.807, 2.05) is 44.2 Å². The van der Waals surface area contributed by atoms with Crippen molar-refractivity contribution >= 4 is 5.97 Å². The molecule has 0 bridgehead atoms. The number of hydrogen-bond acceptors (Lipinski definition) is 2. The maximum Gasteiger partial charge on any atom is 0.308 e. The highest BCUT2D eigenvalue weighted by Gasteiger charge is 2.29. The molecule has 15 heavy (non-hydrogen) atoms. The Hall–Kier alpha value is -1.35. The fraction of sp³-hybridized carbons (Fsp3) is 0.417. The van der Waals surface area contributed by atoms with Gasteiger partial charge in [0.05, 0.1) is 5.92 Å². The number of benzene rings is 1. The molecule has 0 heterocycles. The molecule has 0 radical (unpaired) electrons. The van der Waals surface area contributed by atoms with E-state index < -0.39 is 17.9 Å². The van der Waals surface area contributed by atoms with Gasteiger partial charge in [-0.2, -0.15) is 0 Å². The predicted molar refractivity (Wildman–Crippen MR) is 59.3 cm³/mol. The van der Waals surface area contributed by atoms with E-state index in [9.17, 15) is 4.79 Å². The van der Waals surface area contributed by atoms with Crippen LogP contribution in [0.25, 0.3) is 0 Å². The Morgan fingerprint density at radius 1 is 1.27 bits per heavy atom. The maximum absolute atomic E-state index is 11.1. The number of carbonyl (C=O) groups is 1. The minimum atomic E-state index is -0.832. The number of carboxylic acid groups (broad SMARTS) is 1. The minimum Gasteiger partial charge on any atom is -0.481 e. The molecule has 2 atom stereocenters. The van der Waals surface area contributed by atoms with E-state index in [0.29, 0.717) is 0 Å². The Morgan fingerprint density at radius 2 is 1.80 bits per heavy atom. The van der Waals surface area contributed by atoms with Crippen LogP contribution in [0.3, 0.4) is 0 Å². The molecule has 0 amide bonds. The van der Waals surface area contributed by atoms with Gasteiger partial charge in [0, 0.05) is 6.04 Å². The molecule has 0 aliphatic rings. The second-order valence-corrected chi connectivity index (χ2v) is 4.04. The third-order valence-electron chi connectivity index (χ3n) is 2.57. The van der Waals surface area contributed by atoms with E-state index in [0.717, 1.165) is 5.56 Å². The lowest BCUT2D eigenvalue weighted by Gasteiger charge is -2.23. The molecule has 0 aromatic heterocycles. The number of rotatable bonds is 4.